The second-order valence-corrected chi connectivity index (χ2v) is 7.50. The molecule has 4 aromatic rings. The summed E-state index contributed by atoms with van der Waals surface area (Å²) in [6, 6.07) is 17.9. The SMILES string of the molecule is CCOC(=O)c1oc2cc(OCc3ccc([NH+]([O-])O)cc3)ccc2c(=O)c1-c1ccccc1OC. The maximum atomic E-state index is 13.5. The number of carbonyl (C=O) groups is 1. The van der Waals surface area contributed by atoms with Crippen LogP contribution in [0.3, 0.4) is 0 Å². The zero-order valence-electron chi connectivity index (χ0n) is 19.1. The van der Waals surface area contributed by atoms with Crippen molar-refractivity contribution < 1.29 is 33.9 Å². The third kappa shape index (κ3) is 5.02. The first-order chi connectivity index (χ1) is 16.9. The van der Waals surface area contributed by atoms with Gasteiger partial charge in [-0.1, -0.05) is 18.2 Å². The molecule has 0 amide bonds. The summed E-state index contributed by atoms with van der Waals surface area (Å²) >= 11 is 0. The molecule has 1 atom stereocenters. The Kier molecular flexibility index (Phi) is 7.11. The van der Waals surface area contributed by atoms with Crippen LogP contribution in [0.25, 0.3) is 22.1 Å². The number of quaternary nitrogens is 1. The molecule has 0 aliphatic rings. The number of fused-ring (bicyclic) bond motifs is 1. The number of benzene rings is 3. The Hall–Kier alpha value is -4.18. The van der Waals surface area contributed by atoms with E-state index in [0.29, 0.717) is 17.1 Å². The van der Waals surface area contributed by atoms with Gasteiger partial charge in [0.25, 0.3) is 0 Å². The minimum atomic E-state index is -1.01. The lowest BCUT2D eigenvalue weighted by atomic mass is 10.0. The van der Waals surface area contributed by atoms with Crippen LogP contribution in [0.4, 0.5) is 5.69 Å². The summed E-state index contributed by atoms with van der Waals surface area (Å²) in [6.45, 7) is 1.93. The van der Waals surface area contributed by atoms with E-state index in [1.54, 1.807) is 55.5 Å². The first-order valence-electron chi connectivity index (χ1n) is 10.8. The van der Waals surface area contributed by atoms with E-state index < -0.39 is 16.6 Å². The van der Waals surface area contributed by atoms with E-state index in [1.165, 1.54) is 25.3 Å². The van der Waals surface area contributed by atoms with Gasteiger partial charge in [0.15, 0.2) is 5.69 Å². The fourth-order valence-corrected chi connectivity index (χ4v) is 3.61. The fourth-order valence-electron chi connectivity index (χ4n) is 3.61. The summed E-state index contributed by atoms with van der Waals surface area (Å²) in [5.74, 6) is -0.172. The highest BCUT2D eigenvalue weighted by Gasteiger charge is 2.25. The fraction of sp³-hybridized carbons (Fsp3) is 0.154. The minimum Gasteiger partial charge on any atom is -0.595 e. The van der Waals surface area contributed by atoms with Crippen LogP contribution in [0.15, 0.2) is 75.9 Å². The minimum absolute atomic E-state index is 0.0561. The summed E-state index contributed by atoms with van der Waals surface area (Å²) in [4.78, 5) is 26.2. The molecule has 4 rings (SSSR count). The molecule has 0 aliphatic heterocycles. The maximum Gasteiger partial charge on any atom is 0.375 e. The van der Waals surface area contributed by atoms with Crippen LogP contribution < -0.4 is 20.1 Å². The van der Waals surface area contributed by atoms with Gasteiger partial charge in [-0.25, -0.2) is 10.0 Å². The molecule has 0 saturated heterocycles. The van der Waals surface area contributed by atoms with Crippen LogP contribution in [0.5, 0.6) is 11.5 Å². The van der Waals surface area contributed by atoms with Gasteiger partial charge in [0.2, 0.25) is 11.2 Å². The number of carbonyl (C=O) groups excluding carboxylic acids is 1. The molecule has 1 heterocycles. The number of nitrogens with one attached hydrogen (secondary N) is 1. The van der Waals surface area contributed by atoms with E-state index in [4.69, 9.17) is 23.8 Å². The highest BCUT2D eigenvalue weighted by molar-refractivity contribution is 5.98. The monoisotopic (exact) mass is 477 g/mol. The number of para-hydroxylation sites is 1. The molecule has 0 spiro atoms. The summed E-state index contributed by atoms with van der Waals surface area (Å²) in [6.07, 6.45) is 0. The Labute approximate surface area is 200 Å². The molecule has 0 fully saturated rings. The smallest absolute Gasteiger partial charge is 0.375 e. The van der Waals surface area contributed by atoms with Crippen molar-refractivity contribution in [2.24, 2.45) is 0 Å². The van der Waals surface area contributed by atoms with Crippen LogP contribution >= 0.6 is 0 Å². The Morgan fingerprint density at radius 2 is 1.83 bits per heavy atom. The number of methoxy groups -OCH3 is 1. The first-order valence-corrected chi connectivity index (χ1v) is 10.8. The van der Waals surface area contributed by atoms with Gasteiger partial charge < -0.3 is 23.8 Å². The van der Waals surface area contributed by atoms with Crippen molar-refractivity contribution in [3.05, 3.63) is 93.5 Å². The Balaban J connectivity index is 1.74. The molecule has 180 valence electrons. The summed E-state index contributed by atoms with van der Waals surface area (Å²) in [5, 5.41) is 19.3. The zero-order valence-corrected chi connectivity index (χ0v) is 19.1. The molecule has 9 heteroatoms. The van der Waals surface area contributed by atoms with E-state index in [1.807, 2.05) is 0 Å². The van der Waals surface area contributed by atoms with Crippen molar-refractivity contribution in [3.8, 4) is 22.6 Å². The molecule has 3 aromatic carbocycles. The van der Waals surface area contributed by atoms with Gasteiger partial charge in [0, 0.05) is 23.8 Å². The topological polar surface area (TPSA) is 123 Å². The molecular formula is C26H23NO8. The van der Waals surface area contributed by atoms with Crippen molar-refractivity contribution in [3.63, 3.8) is 0 Å². The molecule has 0 radical (unpaired) electrons. The standard InChI is InChI=1S/C26H23NO8/c1-3-33-26(29)25-23(19-6-4-5-7-21(19)32-2)24(28)20-13-12-18(14-22(20)35-25)34-15-16-8-10-17(11-9-16)27(30)31/h4-14,27,30H,3,15H2,1-2H3. The van der Waals surface area contributed by atoms with Crippen molar-refractivity contribution >= 4 is 22.6 Å². The van der Waals surface area contributed by atoms with Crippen molar-refractivity contribution in [2.45, 2.75) is 13.5 Å². The van der Waals surface area contributed by atoms with Crippen molar-refractivity contribution in [1.82, 2.24) is 0 Å². The largest absolute Gasteiger partial charge is 0.595 e. The van der Waals surface area contributed by atoms with Crippen LogP contribution in [-0.4, -0.2) is 24.9 Å². The lowest BCUT2D eigenvalue weighted by molar-refractivity contribution is -0.991. The highest BCUT2D eigenvalue weighted by atomic mass is 16.8. The van der Waals surface area contributed by atoms with Gasteiger partial charge in [-0.05, 0) is 42.8 Å². The van der Waals surface area contributed by atoms with E-state index in [9.17, 15) is 14.8 Å². The summed E-state index contributed by atoms with van der Waals surface area (Å²) in [5.41, 5.74) is 1.17. The average molecular weight is 477 g/mol. The quantitative estimate of drug-likeness (QED) is 0.291. The number of esters is 1. The van der Waals surface area contributed by atoms with Crippen LogP contribution in [-0.2, 0) is 11.3 Å². The third-order valence-corrected chi connectivity index (χ3v) is 5.31. The van der Waals surface area contributed by atoms with Gasteiger partial charge in [-0.15, -0.1) is 0 Å². The van der Waals surface area contributed by atoms with E-state index in [2.05, 4.69) is 0 Å². The normalized spacial score (nSPS) is 11.8. The molecule has 1 aromatic heterocycles. The van der Waals surface area contributed by atoms with Crippen LogP contribution in [0.1, 0.15) is 23.0 Å². The first kappa shape index (κ1) is 24.0. The Morgan fingerprint density at radius 3 is 2.51 bits per heavy atom. The number of ether oxygens (including phenoxy) is 3. The van der Waals surface area contributed by atoms with Gasteiger partial charge >= 0.3 is 5.97 Å². The van der Waals surface area contributed by atoms with Gasteiger partial charge in [-0.3, -0.25) is 4.79 Å². The molecule has 35 heavy (non-hydrogen) atoms. The number of hydrogen-bond donors (Lipinski definition) is 2. The molecular weight excluding hydrogens is 454 g/mol. The predicted octanol–water partition coefficient (Wildman–Crippen LogP) is 3.63. The van der Waals surface area contributed by atoms with Gasteiger partial charge in [-0.2, -0.15) is 5.23 Å². The second kappa shape index (κ2) is 10.4. The Bertz CT molecular complexity index is 1410. The number of rotatable bonds is 8. The molecule has 0 saturated carbocycles. The molecule has 0 bridgehead atoms. The van der Waals surface area contributed by atoms with E-state index in [0.717, 1.165) is 5.56 Å². The van der Waals surface area contributed by atoms with Gasteiger partial charge in [0.1, 0.15) is 23.7 Å². The molecule has 9 nitrogen and oxygen atoms in total. The Morgan fingerprint density at radius 1 is 1.09 bits per heavy atom. The van der Waals surface area contributed by atoms with E-state index in [-0.39, 0.29) is 41.2 Å². The second-order valence-electron chi connectivity index (χ2n) is 7.50. The van der Waals surface area contributed by atoms with Crippen LogP contribution in [0, 0.1) is 5.21 Å². The average Bonchev–Trinajstić information content (AvgIpc) is 2.87. The lowest BCUT2D eigenvalue weighted by Gasteiger charge is -2.13. The summed E-state index contributed by atoms with van der Waals surface area (Å²) < 4.78 is 22.2. The van der Waals surface area contributed by atoms with Crippen LogP contribution in [0.2, 0.25) is 0 Å². The maximum absolute atomic E-state index is 13.5. The van der Waals surface area contributed by atoms with E-state index >= 15 is 0 Å². The third-order valence-electron chi connectivity index (χ3n) is 5.31. The molecule has 0 aliphatic carbocycles. The molecule has 1 unspecified atom stereocenters. The highest BCUT2D eigenvalue weighted by Crippen LogP contribution is 2.33. The summed E-state index contributed by atoms with van der Waals surface area (Å²) in [7, 11) is 1.48. The molecule has 2 N–H and O–H groups in total. The van der Waals surface area contributed by atoms with Gasteiger partial charge in [0.05, 0.1) is 24.7 Å². The predicted molar refractivity (Wildman–Crippen MR) is 127 cm³/mol. The van der Waals surface area contributed by atoms with Crippen molar-refractivity contribution in [2.75, 3.05) is 13.7 Å². The zero-order chi connectivity index (χ0) is 24.9. The lowest BCUT2D eigenvalue weighted by Crippen LogP contribution is -2.99. The van der Waals surface area contributed by atoms with Crippen molar-refractivity contribution in [1.29, 1.82) is 0 Å². The number of hydrogen-bond acceptors (Lipinski definition) is 8.